The Bertz CT molecular complexity index is 585. The summed E-state index contributed by atoms with van der Waals surface area (Å²) in [6.45, 7) is 3.45. The minimum Gasteiger partial charge on any atom is -0.393 e. The molecule has 2 aliphatic carbocycles. The van der Waals surface area contributed by atoms with E-state index >= 15 is 0 Å². The number of amides is 1. The molecule has 4 nitrogen and oxygen atoms in total. The molecule has 24 heavy (non-hydrogen) atoms. The molecule has 1 aromatic carbocycles. The number of rotatable bonds is 5. The largest absolute Gasteiger partial charge is 0.393 e. The molecule has 0 bridgehead atoms. The van der Waals surface area contributed by atoms with E-state index in [1.165, 1.54) is 30.4 Å². The number of aliphatic hydroxyl groups excluding tert-OH is 1. The highest BCUT2D eigenvalue weighted by molar-refractivity contribution is 5.82. The maximum atomic E-state index is 12.4. The van der Waals surface area contributed by atoms with E-state index in [0.29, 0.717) is 24.3 Å². The summed E-state index contributed by atoms with van der Waals surface area (Å²) in [6.07, 6.45) is 5.41. The predicted octanol–water partition coefficient (Wildman–Crippen LogP) is 2.31. The summed E-state index contributed by atoms with van der Waals surface area (Å²) >= 11 is 0. The fourth-order valence-corrected chi connectivity index (χ4v) is 4.71. The Kier molecular flexibility index (Phi) is 4.59. The Morgan fingerprint density at radius 2 is 1.75 bits per heavy atom. The summed E-state index contributed by atoms with van der Waals surface area (Å²) < 4.78 is 0. The number of hydrogen-bond acceptors (Lipinski definition) is 3. The molecule has 1 saturated heterocycles. The Morgan fingerprint density at radius 1 is 1.08 bits per heavy atom. The van der Waals surface area contributed by atoms with Gasteiger partial charge < -0.3 is 10.4 Å². The zero-order chi connectivity index (χ0) is 16.5. The minimum atomic E-state index is -0.131. The summed E-state index contributed by atoms with van der Waals surface area (Å²) in [5.41, 5.74) is 2.52. The van der Waals surface area contributed by atoms with Crippen LogP contribution < -0.4 is 5.32 Å². The van der Waals surface area contributed by atoms with Crippen LogP contribution in [0.15, 0.2) is 24.3 Å². The van der Waals surface area contributed by atoms with E-state index in [-0.39, 0.29) is 12.0 Å². The first kappa shape index (κ1) is 16.1. The fourth-order valence-electron chi connectivity index (χ4n) is 4.71. The lowest BCUT2D eigenvalue weighted by Gasteiger charge is -2.30. The Labute approximate surface area is 144 Å². The average molecular weight is 328 g/mol. The number of fused-ring (bicyclic) bond motifs is 1. The van der Waals surface area contributed by atoms with Crippen LogP contribution >= 0.6 is 0 Å². The average Bonchev–Trinajstić information content (AvgIpc) is 3.08. The van der Waals surface area contributed by atoms with Crippen molar-refractivity contribution in [3.8, 4) is 0 Å². The van der Waals surface area contributed by atoms with E-state index in [4.69, 9.17) is 0 Å². The first-order chi connectivity index (χ1) is 11.7. The summed E-state index contributed by atoms with van der Waals surface area (Å²) in [5, 5.41) is 12.8. The van der Waals surface area contributed by atoms with Crippen molar-refractivity contribution < 1.29 is 9.90 Å². The van der Waals surface area contributed by atoms with E-state index in [2.05, 4.69) is 34.5 Å². The van der Waals surface area contributed by atoms with Crippen molar-refractivity contribution >= 4 is 5.91 Å². The van der Waals surface area contributed by atoms with Crippen LogP contribution in [-0.2, 0) is 17.9 Å². The van der Waals surface area contributed by atoms with Crippen LogP contribution in [0.25, 0.3) is 0 Å². The van der Waals surface area contributed by atoms with Crippen LogP contribution in [0.1, 0.15) is 43.2 Å². The van der Waals surface area contributed by atoms with Crippen molar-refractivity contribution in [3.05, 3.63) is 35.4 Å². The van der Waals surface area contributed by atoms with Crippen LogP contribution in [-0.4, -0.2) is 35.1 Å². The van der Waals surface area contributed by atoms with Crippen LogP contribution in [0.5, 0.6) is 0 Å². The van der Waals surface area contributed by atoms with Gasteiger partial charge in [0.05, 0.1) is 6.10 Å². The first-order valence-corrected chi connectivity index (χ1v) is 9.47. The number of hydrogen-bond donors (Lipinski definition) is 2. The Balaban J connectivity index is 1.33. The molecular formula is C20H28N2O2. The van der Waals surface area contributed by atoms with Gasteiger partial charge in [0.25, 0.3) is 0 Å². The van der Waals surface area contributed by atoms with Gasteiger partial charge in [0, 0.05) is 32.1 Å². The molecule has 1 aliphatic heterocycles. The summed E-state index contributed by atoms with van der Waals surface area (Å²) in [4.78, 5) is 14.8. The molecule has 0 spiro atoms. The van der Waals surface area contributed by atoms with E-state index in [9.17, 15) is 9.90 Å². The van der Waals surface area contributed by atoms with Crippen molar-refractivity contribution in [1.82, 2.24) is 10.2 Å². The number of piperidine rings is 1. The molecule has 1 amide bonds. The lowest BCUT2D eigenvalue weighted by molar-refractivity contribution is -0.123. The number of benzene rings is 1. The molecule has 3 fully saturated rings. The van der Waals surface area contributed by atoms with Crippen molar-refractivity contribution in [2.75, 3.05) is 13.1 Å². The van der Waals surface area contributed by atoms with Crippen LogP contribution in [0, 0.1) is 17.8 Å². The van der Waals surface area contributed by atoms with Gasteiger partial charge in [-0.1, -0.05) is 30.7 Å². The molecule has 1 aromatic rings. The number of nitrogens with zero attached hydrogens (tertiary/aromatic N) is 1. The molecule has 4 rings (SSSR count). The van der Waals surface area contributed by atoms with E-state index in [0.717, 1.165) is 32.5 Å². The summed E-state index contributed by atoms with van der Waals surface area (Å²) in [7, 11) is 0. The number of likely N-dealkylation sites (tertiary alicyclic amines) is 1. The molecule has 2 unspecified atom stereocenters. The Hall–Kier alpha value is -1.39. The lowest BCUT2D eigenvalue weighted by atomic mass is 10.0. The number of carbonyl (C=O) groups excluding carboxylic acids is 1. The maximum absolute atomic E-state index is 12.4. The van der Waals surface area contributed by atoms with E-state index in [1.807, 2.05) is 0 Å². The normalized spacial score (nSPS) is 30.1. The standard InChI is InChI=1S/C20H28N2O2/c23-16-8-10-22(11-9-16)13-15-5-2-1-4-14(15)12-21-20(24)19-17-6-3-7-18(17)19/h1-2,4-5,16-19,23H,3,6-13H2,(H,21,24). The van der Waals surface area contributed by atoms with Gasteiger partial charge in [-0.25, -0.2) is 0 Å². The zero-order valence-corrected chi connectivity index (χ0v) is 14.3. The van der Waals surface area contributed by atoms with Crippen LogP contribution in [0.3, 0.4) is 0 Å². The second-order valence-electron chi connectivity index (χ2n) is 7.78. The van der Waals surface area contributed by atoms with Gasteiger partial charge in [-0.3, -0.25) is 9.69 Å². The molecule has 0 radical (unpaired) electrons. The quantitative estimate of drug-likeness (QED) is 0.872. The van der Waals surface area contributed by atoms with E-state index in [1.54, 1.807) is 0 Å². The monoisotopic (exact) mass is 328 g/mol. The third kappa shape index (κ3) is 3.35. The van der Waals surface area contributed by atoms with Crippen LogP contribution in [0.4, 0.5) is 0 Å². The Morgan fingerprint density at radius 3 is 2.46 bits per heavy atom. The molecule has 2 atom stereocenters. The highest BCUT2D eigenvalue weighted by Gasteiger charge is 2.56. The molecule has 4 heteroatoms. The third-order valence-electron chi connectivity index (χ3n) is 6.23. The maximum Gasteiger partial charge on any atom is 0.223 e. The SMILES string of the molecule is O=C(NCc1ccccc1CN1CCC(O)CC1)C1C2CCCC21. The molecule has 130 valence electrons. The van der Waals surface area contributed by atoms with Crippen LogP contribution in [0.2, 0.25) is 0 Å². The summed E-state index contributed by atoms with van der Waals surface area (Å²) in [6, 6.07) is 8.42. The molecule has 1 heterocycles. The topological polar surface area (TPSA) is 52.6 Å². The molecule has 0 aromatic heterocycles. The number of nitrogens with one attached hydrogen (secondary N) is 1. The van der Waals surface area contributed by atoms with Gasteiger partial charge in [0.1, 0.15) is 0 Å². The van der Waals surface area contributed by atoms with Crippen molar-refractivity contribution in [3.63, 3.8) is 0 Å². The highest BCUT2D eigenvalue weighted by atomic mass is 16.3. The molecule has 2 N–H and O–H groups in total. The van der Waals surface area contributed by atoms with Gasteiger partial charge in [-0.15, -0.1) is 0 Å². The van der Waals surface area contributed by atoms with Gasteiger partial charge in [0.2, 0.25) is 5.91 Å². The first-order valence-electron chi connectivity index (χ1n) is 9.47. The highest BCUT2D eigenvalue weighted by Crippen LogP contribution is 2.57. The molecular weight excluding hydrogens is 300 g/mol. The number of aliphatic hydroxyl groups is 1. The van der Waals surface area contributed by atoms with Gasteiger partial charge in [0.15, 0.2) is 0 Å². The number of carbonyl (C=O) groups is 1. The van der Waals surface area contributed by atoms with Gasteiger partial charge in [-0.05, 0) is 48.6 Å². The van der Waals surface area contributed by atoms with E-state index < -0.39 is 0 Å². The summed E-state index contributed by atoms with van der Waals surface area (Å²) in [5.74, 6) is 1.93. The second kappa shape index (κ2) is 6.85. The van der Waals surface area contributed by atoms with Crippen molar-refractivity contribution in [2.45, 2.75) is 51.3 Å². The second-order valence-corrected chi connectivity index (χ2v) is 7.78. The van der Waals surface area contributed by atoms with Gasteiger partial charge >= 0.3 is 0 Å². The third-order valence-corrected chi connectivity index (χ3v) is 6.23. The molecule has 3 aliphatic rings. The lowest BCUT2D eigenvalue weighted by Crippen LogP contribution is -2.35. The smallest absolute Gasteiger partial charge is 0.223 e. The zero-order valence-electron chi connectivity index (χ0n) is 14.3. The van der Waals surface area contributed by atoms with Crippen molar-refractivity contribution in [2.24, 2.45) is 17.8 Å². The predicted molar refractivity (Wildman–Crippen MR) is 93.1 cm³/mol. The van der Waals surface area contributed by atoms with Crippen molar-refractivity contribution in [1.29, 1.82) is 0 Å². The minimum absolute atomic E-state index is 0.131. The fraction of sp³-hybridized carbons (Fsp3) is 0.650. The van der Waals surface area contributed by atoms with Gasteiger partial charge in [-0.2, -0.15) is 0 Å². The molecule has 2 saturated carbocycles.